The van der Waals surface area contributed by atoms with Crippen LogP contribution in [0.4, 0.5) is 0 Å². The van der Waals surface area contributed by atoms with Gasteiger partial charge in [-0.2, -0.15) is 5.10 Å². The number of esters is 1. The predicted octanol–water partition coefficient (Wildman–Crippen LogP) is 2.50. The summed E-state index contributed by atoms with van der Waals surface area (Å²) < 4.78 is 16.1. The maximum absolute atomic E-state index is 12.0. The van der Waals surface area contributed by atoms with Gasteiger partial charge in [-0.25, -0.2) is 20.2 Å². The third kappa shape index (κ3) is 7.44. The number of thioether (sulfide) groups is 1. The van der Waals surface area contributed by atoms with Crippen LogP contribution in [-0.4, -0.2) is 54.6 Å². The first-order chi connectivity index (χ1) is 14.3. The second-order valence-corrected chi connectivity index (χ2v) is 8.02. The molecule has 2 rings (SSSR count). The average molecular weight is 544 g/mol. The second kappa shape index (κ2) is 11.7. The zero-order valence-corrected chi connectivity index (χ0v) is 19.9. The van der Waals surface area contributed by atoms with E-state index in [1.54, 1.807) is 12.1 Å². The summed E-state index contributed by atoms with van der Waals surface area (Å²) in [5, 5.41) is 4.52. The lowest BCUT2D eigenvalue weighted by Gasteiger charge is -2.12. The smallest absolute Gasteiger partial charge is 0.343 e. The summed E-state index contributed by atoms with van der Waals surface area (Å²) in [6.45, 7) is 3.53. The number of carbonyl (C=O) groups excluding carboxylic acids is 2. The molecule has 1 heterocycles. The van der Waals surface area contributed by atoms with Gasteiger partial charge >= 0.3 is 5.97 Å². The topological polar surface area (TPSA) is 112 Å². The van der Waals surface area contributed by atoms with Crippen molar-refractivity contribution in [2.24, 2.45) is 5.10 Å². The predicted molar refractivity (Wildman–Crippen MR) is 121 cm³/mol. The molecule has 1 amide bonds. The van der Waals surface area contributed by atoms with Crippen molar-refractivity contribution in [3.05, 3.63) is 38.7 Å². The number of nitrogens with zero attached hydrogens (tertiary/aromatic N) is 3. The Kier molecular flexibility index (Phi) is 9.30. The van der Waals surface area contributed by atoms with Crippen molar-refractivity contribution in [1.29, 1.82) is 0 Å². The molecule has 9 nitrogen and oxygen atoms in total. The van der Waals surface area contributed by atoms with Gasteiger partial charge in [-0.05, 0) is 60.2 Å². The number of aromatic nitrogens is 2. The fourth-order valence-electron chi connectivity index (χ4n) is 2.24. The van der Waals surface area contributed by atoms with Crippen molar-refractivity contribution < 1.29 is 23.8 Å². The Bertz CT molecular complexity index is 935. The number of ether oxygens (including phenoxy) is 3. The van der Waals surface area contributed by atoms with E-state index >= 15 is 0 Å². The summed E-state index contributed by atoms with van der Waals surface area (Å²) in [6.07, 6.45) is 1.49. The lowest BCUT2D eigenvalue weighted by atomic mass is 10.2. The first-order valence-corrected chi connectivity index (χ1v) is 10.7. The minimum atomic E-state index is -0.495. The Morgan fingerprint density at radius 2 is 1.90 bits per heavy atom. The number of carbonyl (C=O) groups is 2. The average Bonchev–Trinajstić information content (AvgIpc) is 2.70. The fourth-order valence-corrected chi connectivity index (χ4v) is 3.77. The summed E-state index contributed by atoms with van der Waals surface area (Å²) >= 11 is 3.30. The number of hydrogen-bond acceptors (Lipinski definition) is 9. The van der Waals surface area contributed by atoms with Crippen molar-refractivity contribution in [1.82, 2.24) is 15.4 Å². The molecular formula is C19H21IN4O5S. The zero-order valence-electron chi connectivity index (χ0n) is 16.9. The first kappa shape index (κ1) is 23.9. The number of aryl methyl sites for hydroxylation is 2. The van der Waals surface area contributed by atoms with Crippen LogP contribution in [-0.2, 0) is 14.3 Å². The molecule has 2 aromatic rings. The molecule has 0 radical (unpaired) electrons. The number of nitrogens with one attached hydrogen (secondary N) is 1. The van der Waals surface area contributed by atoms with Gasteiger partial charge in [0.2, 0.25) is 0 Å². The van der Waals surface area contributed by atoms with Crippen LogP contribution >= 0.6 is 34.4 Å². The lowest BCUT2D eigenvalue weighted by molar-refractivity contribution is -0.143. The second-order valence-electron chi connectivity index (χ2n) is 5.91. The lowest BCUT2D eigenvalue weighted by Crippen LogP contribution is -2.20. The van der Waals surface area contributed by atoms with Crippen LogP contribution in [0.1, 0.15) is 17.0 Å². The van der Waals surface area contributed by atoms with Gasteiger partial charge in [0.05, 0.1) is 29.8 Å². The quantitative estimate of drug-likeness (QED) is 0.128. The van der Waals surface area contributed by atoms with Crippen LogP contribution < -0.4 is 14.9 Å². The molecule has 0 aliphatic rings. The molecule has 0 fully saturated rings. The minimum Gasteiger partial charge on any atom is -0.493 e. The van der Waals surface area contributed by atoms with Crippen molar-refractivity contribution >= 4 is 52.4 Å². The first-order valence-electron chi connectivity index (χ1n) is 8.66. The molecule has 1 N–H and O–H groups in total. The Labute approximate surface area is 192 Å². The molecule has 0 aliphatic carbocycles. The summed E-state index contributed by atoms with van der Waals surface area (Å²) in [4.78, 5) is 31.9. The van der Waals surface area contributed by atoms with Crippen molar-refractivity contribution in [2.45, 2.75) is 19.0 Å². The molecule has 0 aliphatic heterocycles. The van der Waals surface area contributed by atoms with E-state index < -0.39 is 5.97 Å². The Morgan fingerprint density at radius 3 is 2.53 bits per heavy atom. The van der Waals surface area contributed by atoms with Gasteiger partial charge in [0.15, 0.2) is 23.3 Å². The third-order valence-corrected chi connectivity index (χ3v) is 5.16. The summed E-state index contributed by atoms with van der Waals surface area (Å²) in [6, 6.07) is 5.34. The van der Waals surface area contributed by atoms with Gasteiger partial charge in [-0.15, -0.1) is 0 Å². The SMILES string of the molecule is COC(=O)COc1c(I)cc(/C=N\NC(=O)CSc2nc(C)cc(C)n2)cc1OC. The normalized spacial score (nSPS) is 10.7. The Balaban J connectivity index is 1.95. The molecule has 0 saturated carbocycles. The van der Waals surface area contributed by atoms with Crippen LogP contribution in [0.15, 0.2) is 28.5 Å². The summed E-state index contributed by atoms with van der Waals surface area (Å²) in [5.41, 5.74) is 4.86. The van der Waals surface area contributed by atoms with Gasteiger partial charge in [0.1, 0.15) is 0 Å². The number of amides is 1. The van der Waals surface area contributed by atoms with E-state index in [2.05, 4.69) is 47.8 Å². The standard InChI is InChI=1S/C19H21IN4O5S/c1-11-5-12(2)23-19(22-11)30-10-16(25)24-21-8-13-6-14(20)18(15(7-13)27-3)29-9-17(26)28-4/h5-8H,9-10H2,1-4H3,(H,24,25)/b21-8-. The molecule has 30 heavy (non-hydrogen) atoms. The number of rotatable bonds is 9. The monoisotopic (exact) mass is 544 g/mol. The van der Waals surface area contributed by atoms with Gasteiger partial charge < -0.3 is 14.2 Å². The number of methoxy groups -OCH3 is 2. The zero-order chi connectivity index (χ0) is 22.1. The highest BCUT2D eigenvalue weighted by Crippen LogP contribution is 2.33. The van der Waals surface area contributed by atoms with Gasteiger partial charge in [-0.3, -0.25) is 4.79 Å². The highest BCUT2D eigenvalue weighted by Gasteiger charge is 2.13. The number of benzene rings is 1. The van der Waals surface area contributed by atoms with E-state index in [1.807, 2.05) is 19.9 Å². The molecule has 0 atom stereocenters. The Hall–Kier alpha value is -2.41. The van der Waals surface area contributed by atoms with Crippen molar-refractivity contribution in [2.75, 3.05) is 26.6 Å². The van der Waals surface area contributed by atoms with E-state index in [0.717, 1.165) is 11.4 Å². The molecule has 1 aromatic carbocycles. The molecule has 1 aromatic heterocycles. The molecule has 160 valence electrons. The van der Waals surface area contributed by atoms with Crippen LogP contribution in [0.5, 0.6) is 11.5 Å². The van der Waals surface area contributed by atoms with Gasteiger partial charge in [0, 0.05) is 11.4 Å². The molecular weight excluding hydrogens is 523 g/mol. The number of hydrazone groups is 1. The Morgan fingerprint density at radius 1 is 1.20 bits per heavy atom. The van der Waals surface area contributed by atoms with Crippen LogP contribution in [0.3, 0.4) is 0 Å². The van der Waals surface area contributed by atoms with E-state index in [0.29, 0.717) is 25.8 Å². The maximum Gasteiger partial charge on any atom is 0.343 e. The third-order valence-electron chi connectivity index (χ3n) is 3.51. The number of halogens is 1. The highest BCUT2D eigenvalue weighted by molar-refractivity contribution is 14.1. The summed E-state index contributed by atoms with van der Waals surface area (Å²) in [7, 11) is 2.78. The van der Waals surface area contributed by atoms with Crippen LogP contribution in [0, 0.1) is 17.4 Å². The molecule has 0 unspecified atom stereocenters. The van der Waals surface area contributed by atoms with Crippen LogP contribution in [0.2, 0.25) is 0 Å². The molecule has 0 spiro atoms. The van der Waals surface area contributed by atoms with Crippen LogP contribution in [0.25, 0.3) is 0 Å². The largest absolute Gasteiger partial charge is 0.493 e. The highest BCUT2D eigenvalue weighted by atomic mass is 127. The van der Waals surface area contributed by atoms with Crippen molar-refractivity contribution in [3.63, 3.8) is 0 Å². The van der Waals surface area contributed by atoms with Crippen molar-refractivity contribution in [3.8, 4) is 11.5 Å². The van der Waals surface area contributed by atoms with E-state index in [1.165, 1.54) is 32.2 Å². The number of hydrogen-bond donors (Lipinski definition) is 1. The maximum atomic E-state index is 12.0. The molecule has 0 saturated heterocycles. The van der Waals surface area contributed by atoms with Gasteiger partial charge in [-0.1, -0.05) is 11.8 Å². The van der Waals surface area contributed by atoms with E-state index in [-0.39, 0.29) is 18.3 Å². The fraction of sp³-hybridized carbons (Fsp3) is 0.316. The van der Waals surface area contributed by atoms with E-state index in [9.17, 15) is 9.59 Å². The molecule has 11 heteroatoms. The van der Waals surface area contributed by atoms with E-state index in [4.69, 9.17) is 9.47 Å². The van der Waals surface area contributed by atoms with Gasteiger partial charge in [0.25, 0.3) is 5.91 Å². The summed E-state index contributed by atoms with van der Waals surface area (Å²) in [5.74, 6) is 0.223. The minimum absolute atomic E-state index is 0.140. The molecule has 0 bridgehead atoms.